The van der Waals surface area contributed by atoms with Crippen LogP contribution in [0.3, 0.4) is 0 Å². The van der Waals surface area contributed by atoms with Gasteiger partial charge in [0.05, 0.1) is 31.7 Å². The molecule has 190 valence electrons. The van der Waals surface area contributed by atoms with Crippen LogP contribution in [0.25, 0.3) is 0 Å². The number of hydrogen-bond donors (Lipinski definition) is 0. The van der Waals surface area contributed by atoms with E-state index in [0.717, 1.165) is 82.8 Å². The molecule has 0 N–H and O–H groups in total. The zero-order chi connectivity index (χ0) is 25.1. The summed E-state index contributed by atoms with van der Waals surface area (Å²) in [6.07, 6.45) is 1.95. The molecule has 3 heterocycles. The third kappa shape index (κ3) is 4.96. The fourth-order valence-electron chi connectivity index (χ4n) is 4.47. The van der Waals surface area contributed by atoms with Crippen LogP contribution in [0.1, 0.15) is 26.7 Å². The molecule has 2 saturated heterocycles. The SMILES string of the molecule is CCCCN1C(=O)C(=C2Sc3ccc(OC)cc3N2CC)SC1=Nc1ccc(N2CCOCC2)cc1. The van der Waals surface area contributed by atoms with Crippen molar-refractivity contribution in [2.45, 2.75) is 31.6 Å². The van der Waals surface area contributed by atoms with Crippen molar-refractivity contribution in [3.8, 4) is 5.75 Å². The van der Waals surface area contributed by atoms with Gasteiger partial charge in [-0.25, -0.2) is 4.99 Å². The minimum absolute atomic E-state index is 0.0397. The summed E-state index contributed by atoms with van der Waals surface area (Å²) in [4.78, 5) is 26.9. The van der Waals surface area contributed by atoms with E-state index in [0.29, 0.717) is 6.54 Å². The maximum atomic E-state index is 13.7. The van der Waals surface area contributed by atoms with Crippen LogP contribution in [0, 0.1) is 0 Å². The molecular weight excluding hydrogens is 492 g/mol. The van der Waals surface area contributed by atoms with Crippen LogP contribution in [0.4, 0.5) is 17.1 Å². The number of carbonyl (C=O) groups is 1. The van der Waals surface area contributed by atoms with Crippen LogP contribution in [0.2, 0.25) is 0 Å². The van der Waals surface area contributed by atoms with Crippen LogP contribution in [0.15, 0.2) is 62.3 Å². The predicted molar refractivity (Wildman–Crippen MR) is 150 cm³/mol. The Morgan fingerprint density at radius 2 is 1.81 bits per heavy atom. The number of ether oxygens (including phenoxy) is 2. The lowest BCUT2D eigenvalue weighted by Crippen LogP contribution is -2.36. The minimum atomic E-state index is 0.0397. The van der Waals surface area contributed by atoms with Gasteiger partial charge in [-0.2, -0.15) is 0 Å². The van der Waals surface area contributed by atoms with Gasteiger partial charge in [-0.05, 0) is 61.5 Å². The number of aliphatic imine (C=N–C) groups is 1. The quantitative estimate of drug-likeness (QED) is 0.431. The highest BCUT2D eigenvalue weighted by Gasteiger charge is 2.39. The third-order valence-electron chi connectivity index (χ3n) is 6.47. The molecule has 2 aromatic rings. The predicted octanol–water partition coefficient (Wildman–Crippen LogP) is 5.70. The fraction of sp³-hybridized carbons (Fsp3) is 0.407. The fourth-order valence-corrected chi connectivity index (χ4v) is 6.87. The average molecular weight is 525 g/mol. The molecule has 0 radical (unpaired) electrons. The van der Waals surface area contributed by atoms with E-state index in [2.05, 4.69) is 41.8 Å². The Kier molecular flexibility index (Phi) is 7.79. The van der Waals surface area contributed by atoms with Gasteiger partial charge in [0.2, 0.25) is 0 Å². The van der Waals surface area contributed by atoms with E-state index in [1.807, 2.05) is 29.2 Å². The number of morpholine rings is 1. The summed E-state index contributed by atoms with van der Waals surface area (Å²) in [6, 6.07) is 14.4. The number of thioether (sulfide) groups is 2. The van der Waals surface area contributed by atoms with Gasteiger partial charge in [0, 0.05) is 42.8 Å². The molecule has 0 unspecified atom stereocenters. The van der Waals surface area contributed by atoms with E-state index >= 15 is 0 Å². The second-order valence-corrected chi connectivity index (χ2v) is 10.7. The number of methoxy groups -OCH3 is 1. The van der Waals surface area contributed by atoms with Gasteiger partial charge >= 0.3 is 0 Å². The summed E-state index contributed by atoms with van der Waals surface area (Å²) >= 11 is 3.14. The van der Waals surface area contributed by atoms with Crippen LogP contribution >= 0.6 is 23.5 Å². The number of carbonyl (C=O) groups excluding carboxylic acids is 1. The molecule has 5 rings (SSSR count). The van der Waals surface area contributed by atoms with Gasteiger partial charge in [0.25, 0.3) is 5.91 Å². The lowest BCUT2D eigenvalue weighted by Gasteiger charge is -2.28. The smallest absolute Gasteiger partial charge is 0.269 e. The Morgan fingerprint density at radius 1 is 1.03 bits per heavy atom. The van der Waals surface area contributed by atoms with E-state index < -0.39 is 0 Å². The van der Waals surface area contributed by atoms with Crippen LogP contribution in [-0.4, -0.2) is 62.5 Å². The van der Waals surface area contributed by atoms with E-state index in [-0.39, 0.29) is 5.91 Å². The number of benzene rings is 2. The van der Waals surface area contributed by atoms with Crippen molar-refractivity contribution in [2.75, 3.05) is 56.3 Å². The second-order valence-electron chi connectivity index (χ2n) is 8.74. The van der Waals surface area contributed by atoms with Gasteiger partial charge in [-0.3, -0.25) is 9.69 Å². The van der Waals surface area contributed by atoms with E-state index in [9.17, 15) is 4.79 Å². The molecule has 7 nitrogen and oxygen atoms in total. The highest BCUT2D eigenvalue weighted by Crippen LogP contribution is 2.51. The Morgan fingerprint density at radius 3 is 2.50 bits per heavy atom. The van der Waals surface area contributed by atoms with Crippen molar-refractivity contribution in [3.05, 3.63) is 52.4 Å². The van der Waals surface area contributed by atoms with Crippen molar-refractivity contribution in [1.29, 1.82) is 0 Å². The summed E-state index contributed by atoms with van der Waals surface area (Å²) in [6.45, 7) is 9.01. The molecule has 0 spiro atoms. The molecule has 3 aliphatic rings. The molecular formula is C27H32N4O3S2. The molecule has 1 amide bonds. The normalized spacial score (nSPS) is 21.0. The van der Waals surface area contributed by atoms with Crippen LogP contribution in [-0.2, 0) is 9.53 Å². The summed E-state index contributed by atoms with van der Waals surface area (Å²) in [5, 5.41) is 1.73. The van der Waals surface area contributed by atoms with Crippen molar-refractivity contribution < 1.29 is 14.3 Å². The molecule has 0 atom stereocenters. The van der Waals surface area contributed by atoms with Crippen molar-refractivity contribution >= 4 is 51.7 Å². The topological polar surface area (TPSA) is 57.6 Å². The van der Waals surface area contributed by atoms with Crippen molar-refractivity contribution in [2.24, 2.45) is 4.99 Å². The lowest BCUT2D eigenvalue weighted by molar-refractivity contribution is -0.122. The lowest BCUT2D eigenvalue weighted by atomic mass is 10.2. The van der Waals surface area contributed by atoms with Gasteiger partial charge < -0.3 is 19.3 Å². The molecule has 0 aliphatic carbocycles. The molecule has 0 saturated carbocycles. The monoisotopic (exact) mass is 524 g/mol. The highest BCUT2D eigenvalue weighted by atomic mass is 32.2. The Labute approximate surface area is 221 Å². The first kappa shape index (κ1) is 25.0. The number of unbranched alkanes of at least 4 members (excludes halogenated alkanes) is 1. The molecule has 0 aromatic heterocycles. The standard InChI is InChI=1S/C27H32N4O3S2/c1-4-6-13-31-25(32)24(26-30(5-2)22-18-21(33-3)11-12-23(22)35-26)36-27(31)28-19-7-9-20(10-8-19)29-14-16-34-17-15-29/h7-12,18H,4-6,13-17H2,1-3H3. The molecule has 36 heavy (non-hydrogen) atoms. The molecule has 3 aliphatic heterocycles. The first-order valence-electron chi connectivity index (χ1n) is 12.5. The van der Waals surface area contributed by atoms with Gasteiger partial charge in [0.15, 0.2) is 5.17 Å². The van der Waals surface area contributed by atoms with Crippen LogP contribution in [0.5, 0.6) is 5.75 Å². The van der Waals surface area contributed by atoms with E-state index in [4.69, 9.17) is 14.5 Å². The molecule has 0 bridgehead atoms. The number of amides is 1. The van der Waals surface area contributed by atoms with Crippen molar-refractivity contribution in [1.82, 2.24) is 4.90 Å². The Balaban J connectivity index is 1.45. The average Bonchev–Trinajstić information content (AvgIpc) is 3.44. The van der Waals surface area contributed by atoms with Crippen LogP contribution < -0.4 is 14.5 Å². The van der Waals surface area contributed by atoms with Gasteiger partial charge in [-0.1, -0.05) is 25.1 Å². The number of hydrogen-bond acceptors (Lipinski definition) is 8. The highest BCUT2D eigenvalue weighted by molar-refractivity contribution is 8.19. The number of rotatable bonds is 7. The first-order chi connectivity index (χ1) is 17.6. The molecule has 9 heteroatoms. The number of anilines is 2. The molecule has 2 fully saturated rings. The maximum Gasteiger partial charge on any atom is 0.269 e. The Bertz CT molecular complexity index is 1180. The number of amidine groups is 1. The second kappa shape index (κ2) is 11.2. The number of nitrogens with zero attached hydrogens (tertiary/aromatic N) is 4. The van der Waals surface area contributed by atoms with Crippen molar-refractivity contribution in [3.63, 3.8) is 0 Å². The zero-order valence-electron chi connectivity index (χ0n) is 21.0. The van der Waals surface area contributed by atoms with Gasteiger partial charge in [-0.15, -0.1) is 0 Å². The maximum absolute atomic E-state index is 13.7. The first-order valence-corrected chi connectivity index (χ1v) is 14.1. The third-order valence-corrected chi connectivity index (χ3v) is 8.85. The summed E-state index contributed by atoms with van der Waals surface area (Å²) in [5.74, 6) is 0.856. The summed E-state index contributed by atoms with van der Waals surface area (Å²) < 4.78 is 10.9. The largest absolute Gasteiger partial charge is 0.497 e. The van der Waals surface area contributed by atoms with E-state index in [1.165, 1.54) is 17.4 Å². The molecule has 2 aromatic carbocycles. The Hall–Kier alpha value is -2.62. The summed E-state index contributed by atoms with van der Waals surface area (Å²) in [5.41, 5.74) is 3.12. The number of fused-ring (bicyclic) bond motifs is 1. The van der Waals surface area contributed by atoms with Gasteiger partial charge in [0.1, 0.15) is 15.7 Å². The summed E-state index contributed by atoms with van der Waals surface area (Å²) in [7, 11) is 1.68. The zero-order valence-corrected chi connectivity index (χ0v) is 22.7. The minimum Gasteiger partial charge on any atom is -0.497 e. The van der Waals surface area contributed by atoms with E-state index in [1.54, 1.807) is 18.9 Å².